The van der Waals surface area contributed by atoms with Gasteiger partial charge in [-0.3, -0.25) is 10.1 Å². The molecule has 1 atom stereocenters. The van der Waals surface area contributed by atoms with Crippen molar-refractivity contribution in [2.24, 2.45) is 5.92 Å². The molecule has 0 aliphatic carbocycles. The van der Waals surface area contributed by atoms with Crippen molar-refractivity contribution in [2.75, 3.05) is 6.54 Å². The van der Waals surface area contributed by atoms with Gasteiger partial charge in [-0.2, -0.15) is 0 Å². The van der Waals surface area contributed by atoms with Crippen LogP contribution in [-0.4, -0.2) is 23.4 Å². The van der Waals surface area contributed by atoms with Crippen molar-refractivity contribution >= 4 is 11.9 Å². The molecule has 1 aliphatic rings. The van der Waals surface area contributed by atoms with E-state index in [0.717, 1.165) is 18.4 Å². The molecular weight excluding hydrogens is 252 g/mol. The first-order valence-corrected chi connectivity index (χ1v) is 7.22. The molecule has 1 saturated heterocycles. The summed E-state index contributed by atoms with van der Waals surface area (Å²) in [5.41, 5.74) is -0.0460. The van der Waals surface area contributed by atoms with Gasteiger partial charge in [-0.1, -0.05) is 57.0 Å². The molecule has 3 amide bonds. The number of hydrogen-bond acceptors (Lipinski definition) is 2. The number of nitrogens with one attached hydrogen (secondary N) is 1. The Morgan fingerprint density at radius 2 is 1.75 bits per heavy atom. The van der Waals surface area contributed by atoms with E-state index >= 15 is 0 Å². The second-order valence-electron chi connectivity index (χ2n) is 5.49. The topological polar surface area (TPSA) is 49.4 Å². The summed E-state index contributed by atoms with van der Waals surface area (Å²) in [5, 5.41) is 2.46. The van der Waals surface area contributed by atoms with Crippen LogP contribution in [0.15, 0.2) is 30.3 Å². The second kappa shape index (κ2) is 5.65. The number of carbonyl (C=O) groups is 2. The summed E-state index contributed by atoms with van der Waals surface area (Å²) in [6.45, 7) is 6.66. The van der Waals surface area contributed by atoms with Crippen LogP contribution >= 0.6 is 0 Å². The summed E-state index contributed by atoms with van der Waals surface area (Å²) < 4.78 is 0. The molecule has 4 nitrogen and oxygen atoms in total. The maximum absolute atomic E-state index is 12.3. The molecule has 4 heteroatoms. The van der Waals surface area contributed by atoms with Crippen LogP contribution in [0.1, 0.15) is 39.2 Å². The highest BCUT2D eigenvalue weighted by atomic mass is 16.2. The van der Waals surface area contributed by atoms with Gasteiger partial charge in [-0.05, 0) is 18.4 Å². The van der Waals surface area contributed by atoms with Gasteiger partial charge in [0.05, 0.1) is 0 Å². The van der Waals surface area contributed by atoms with Crippen LogP contribution in [0.2, 0.25) is 0 Å². The van der Waals surface area contributed by atoms with Crippen LogP contribution in [0.4, 0.5) is 4.79 Å². The van der Waals surface area contributed by atoms with Crippen LogP contribution in [0, 0.1) is 5.92 Å². The summed E-state index contributed by atoms with van der Waals surface area (Å²) in [5.74, 6) is 0.175. The van der Waals surface area contributed by atoms with E-state index in [9.17, 15) is 9.59 Å². The van der Waals surface area contributed by atoms with Crippen LogP contribution < -0.4 is 5.32 Å². The highest BCUT2D eigenvalue weighted by molar-refractivity contribution is 6.07. The smallest absolute Gasteiger partial charge is 0.306 e. The van der Waals surface area contributed by atoms with Crippen LogP contribution in [0.5, 0.6) is 0 Å². The average molecular weight is 274 g/mol. The first kappa shape index (κ1) is 14.6. The Balaban J connectivity index is 2.37. The Hall–Kier alpha value is -1.84. The fraction of sp³-hybridized carbons (Fsp3) is 0.500. The zero-order valence-electron chi connectivity index (χ0n) is 12.3. The predicted octanol–water partition coefficient (Wildman–Crippen LogP) is 2.89. The molecule has 0 saturated carbocycles. The lowest BCUT2D eigenvalue weighted by Gasteiger charge is -2.34. The fourth-order valence-electron chi connectivity index (χ4n) is 2.73. The molecule has 1 unspecified atom stereocenters. The van der Waals surface area contributed by atoms with Crippen molar-refractivity contribution in [2.45, 2.75) is 39.2 Å². The number of urea groups is 1. The predicted molar refractivity (Wildman–Crippen MR) is 78.1 cm³/mol. The summed E-state index contributed by atoms with van der Waals surface area (Å²) in [6.07, 6.45) is 2.00. The van der Waals surface area contributed by atoms with Crippen LogP contribution in [0.25, 0.3) is 0 Å². The van der Waals surface area contributed by atoms with Crippen molar-refractivity contribution in [3.05, 3.63) is 35.9 Å². The molecule has 1 aromatic carbocycles. The summed E-state index contributed by atoms with van der Waals surface area (Å²) in [7, 11) is 0. The molecule has 1 N–H and O–H groups in total. The van der Waals surface area contributed by atoms with Gasteiger partial charge in [0.2, 0.25) is 0 Å². The lowest BCUT2D eigenvalue weighted by molar-refractivity contribution is -0.126. The standard InChI is InChI=1S/C16H22N2O2/c1-4-12(5-2)11-18-15(20)17-14(19)16(18,3)13-9-7-6-8-10-13/h6-10,12H,4-5,11H2,1-3H3,(H,17,19,20). The zero-order chi connectivity index (χ0) is 14.8. The Labute approximate surface area is 120 Å². The van der Waals surface area contributed by atoms with Crippen molar-refractivity contribution in [3.8, 4) is 0 Å². The van der Waals surface area contributed by atoms with E-state index in [1.807, 2.05) is 37.3 Å². The summed E-state index contributed by atoms with van der Waals surface area (Å²) >= 11 is 0. The van der Waals surface area contributed by atoms with Gasteiger partial charge in [-0.15, -0.1) is 0 Å². The monoisotopic (exact) mass is 274 g/mol. The Morgan fingerprint density at radius 3 is 2.30 bits per heavy atom. The highest BCUT2D eigenvalue weighted by Gasteiger charge is 2.50. The highest BCUT2D eigenvalue weighted by Crippen LogP contribution is 2.34. The van der Waals surface area contributed by atoms with Gasteiger partial charge < -0.3 is 4.90 Å². The number of nitrogens with zero attached hydrogens (tertiary/aromatic N) is 1. The average Bonchev–Trinajstić information content (AvgIpc) is 2.69. The molecule has 1 fully saturated rings. The SMILES string of the molecule is CCC(CC)CN1C(=O)NC(=O)C1(C)c1ccccc1. The van der Waals surface area contributed by atoms with E-state index in [4.69, 9.17) is 0 Å². The molecule has 20 heavy (non-hydrogen) atoms. The van der Waals surface area contributed by atoms with Crippen molar-refractivity contribution in [3.63, 3.8) is 0 Å². The maximum atomic E-state index is 12.3. The number of rotatable bonds is 5. The van der Waals surface area contributed by atoms with Crippen molar-refractivity contribution < 1.29 is 9.59 Å². The third-order valence-corrected chi connectivity index (χ3v) is 4.38. The number of benzene rings is 1. The van der Waals surface area contributed by atoms with Gasteiger partial charge in [0.1, 0.15) is 5.54 Å². The van der Waals surface area contributed by atoms with Gasteiger partial charge in [0.15, 0.2) is 0 Å². The summed E-state index contributed by atoms with van der Waals surface area (Å²) in [4.78, 5) is 26.1. The lowest BCUT2D eigenvalue weighted by Crippen LogP contribution is -2.46. The molecule has 1 aliphatic heterocycles. The molecule has 1 aromatic rings. The molecule has 0 aromatic heterocycles. The van der Waals surface area contributed by atoms with E-state index in [1.54, 1.807) is 4.90 Å². The molecule has 0 spiro atoms. The second-order valence-corrected chi connectivity index (χ2v) is 5.49. The van der Waals surface area contributed by atoms with E-state index < -0.39 is 5.54 Å². The van der Waals surface area contributed by atoms with Gasteiger partial charge in [0.25, 0.3) is 5.91 Å². The zero-order valence-corrected chi connectivity index (χ0v) is 12.3. The number of hydrogen-bond donors (Lipinski definition) is 1. The molecule has 0 bridgehead atoms. The van der Waals surface area contributed by atoms with Crippen LogP contribution in [0.3, 0.4) is 0 Å². The van der Waals surface area contributed by atoms with E-state index in [-0.39, 0.29) is 11.9 Å². The van der Waals surface area contributed by atoms with Gasteiger partial charge in [0, 0.05) is 6.54 Å². The summed E-state index contributed by atoms with van der Waals surface area (Å²) in [6, 6.07) is 9.22. The fourth-order valence-corrected chi connectivity index (χ4v) is 2.73. The largest absolute Gasteiger partial charge is 0.325 e. The van der Waals surface area contributed by atoms with Crippen LogP contribution in [-0.2, 0) is 10.3 Å². The Bertz CT molecular complexity index is 496. The maximum Gasteiger partial charge on any atom is 0.325 e. The molecule has 108 valence electrons. The van der Waals surface area contributed by atoms with E-state index in [1.165, 1.54) is 0 Å². The van der Waals surface area contributed by atoms with Gasteiger partial charge in [-0.25, -0.2) is 4.79 Å². The van der Waals surface area contributed by atoms with E-state index in [2.05, 4.69) is 19.2 Å². The minimum absolute atomic E-state index is 0.236. The normalized spacial score (nSPS) is 22.5. The van der Waals surface area contributed by atoms with Crippen molar-refractivity contribution in [1.29, 1.82) is 0 Å². The molecule has 1 heterocycles. The third-order valence-electron chi connectivity index (χ3n) is 4.38. The minimum Gasteiger partial charge on any atom is -0.306 e. The Morgan fingerprint density at radius 1 is 1.15 bits per heavy atom. The van der Waals surface area contributed by atoms with Gasteiger partial charge >= 0.3 is 6.03 Å². The molecule has 2 rings (SSSR count). The third kappa shape index (κ3) is 2.30. The first-order chi connectivity index (χ1) is 9.53. The number of imide groups is 1. The van der Waals surface area contributed by atoms with E-state index in [0.29, 0.717) is 12.5 Å². The quantitative estimate of drug-likeness (QED) is 0.839. The van der Waals surface area contributed by atoms with Crippen molar-refractivity contribution in [1.82, 2.24) is 10.2 Å². The molecular formula is C16H22N2O2. The number of carbonyl (C=O) groups excluding carboxylic acids is 2. The lowest BCUT2D eigenvalue weighted by atomic mass is 9.89. The first-order valence-electron chi connectivity index (χ1n) is 7.22. The Kier molecular flexibility index (Phi) is 4.12. The molecule has 0 radical (unpaired) electrons. The number of amides is 3. The minimum atomic E-state index is -0.902.